The molecule has 1 aliphatic heterocycles. The number of fused-ring (bicyclic) bond motifs is 2. The minimum Gasteiger partial charge on any atom is -0.435 e. The highest BCUT2D eigenvalue weighted by Crippen LogP contribution is 2.38. The molecule has 3 aromatic heterocycles. The number of nitrogens with zero attached hydrogens (tertiary/aromatic N) is 5. The van der Waals surface area contributed by atoms with Gasteiger partial charge in [0.2, 0.25) is 5.89 Å². The van der Waals surface area contributed by atoms with E-state index in [2.05, 4.69) is 58.6 Å². The lowest BCUT2D eigenvalue weighted by Crippen LogP contribution is -2.21. The minimum absolute atomic E-state index is 0.259. The van der Waals surface area contributed by atoms with Gasteiger partial charge in [-0.2, -0.15) is 5.26 Å². The van der Waals surface area contributed by atoms with Crippen LogP contribution in [-0.2, 0) is 19.5 Å². The van der Waals surface area contributed by atoms with Crippen molar-refractivity contribution in [1.29, 1.82) is 5.26 Å². The van der Waals surface area contributed by atoms with Gasteiger partial charge in [0.05, 0.1) is 11.7 Å². The molecule has 1 aliphatic rings. The number of likely N-dealkylation sites (tertiary alicyclic amines) is 1. The maximum Gasteiger partial charge on any atom is 0.227 e. The SMILES string of the molecule is Cc1c(Nc2nccc3cc(CN4CCC(O)C4)cnc23)cccc1-c1cccc(-c2nc3cc(CNCCc4ccc(C(=O)C(O)c5ccccc5)cc4)cc(C#N)c3o2)c1C. The molecule has 314 valence electrons. The third-order valence-electron chi connectivity index (χ3n) is 11.9. The van der Waals surface area contributed by atoms with Gasteiger partial charge >= 0.3 is 0 Å². The fourth-order valence-corrected chi connectivity index (χ4v) is 8.48. The smallest absolute Gasteiger partial charge is 0.227 e. The maximum absolute atomic E-state index is 12.8. The number of oxazole rings is 1. The van der Waals surface area contributed by atoms with Crippen molar-refractivity contribution >= 4 is 39.3 Å². The highest BCUT2D eigenvalue weighted by Gasteiger charge is 2.22. The Morgan fingerprint density at radius 2 is 1.67 bits per heavy atom. The lowest BCUT2D eigenvalue weighted by atomic mass is 9.93. The molecule has 0 aliphatic carbocycles. The van der Waals surface area contributed by atoms with Crippen LogP contribution >= 0.6 is 0 Å². The second-order valence-electron chi connectivity index (χ2n) is 16.3. The first-order chi connectivity index (χ1) is 30.7. The molecular weight excluding hydrogens is 787 g/mol. The molecule has 11 nitrogen and oxygen atoms in total. The second kappa shape index (κ2) is 18.1. The van der Waals surface area contributed by atoms with E-state index in [1.165, 1.54) is 0 Å². The standard InChI is InChI=1S/C52H47N7O4/c1-32-42(43-11-7-13-45(33(43)2)57-51-47-39(19-22-55-51)25-36(29-56-47)30-59-23-20-41(60)31-59)10-6-12-44(32)52-58-46-26-35(24-40(27-53)50(46)63-52)28-54-21-18-34-14-16-38(17-15-34)49(62)48(61)37-8-4-3-5-9-37/h3-17,19,22,24-26,29,41,48,54,60-61H,18,20-21,23,28,30-31H2,1-2H3,(H,55,57). The molecule has 1 fully saturated rings. The van der Waals surface area contributed by atoms with Crippen LogP contribution < -0.4 is 10.6 Å². The number of rotatable bonds is 14. The summed E-state index contributed by atoms with van der Waals surface area (Å²) in [6.07, 6.45) is 3.78. The molecule has 2 unspecified atom stereocenters. The summed E-state index contributed by atoms with van der Waals surface area (Å²) in [5.41, 5.74) is 12.3. The number of carbonyl (C=O) groups excluding carboxylic acids is 1. The molecule has 0 saturated carbocycles. The molecule has 4 N–H and O–H groups in total. The summed E-state index contributed by atoms with van der Waals surface area (Å²) in [6.45, 7) is 7.68. The number of carbonyl (C=O) groups is 1. The summed E-state index contributed by atoms with van der Waals surface area (Å²) in [4.78, 5) is 29.5. The predicted octanol–water partition coefficient (Wildman–Crippen LogP) is 9.15. The lowest BCUT2D eigenvalue weighted by Gasteiger charge is -2.17. The first-order valence-electron chi connectivity index (χ1n) is 21.2. The molecule has 5 aromatic carbocycles. The number of β-amino-alcohol motifs (C(OH)–C–C–N with tert-alkyl or cyclic N) is 1. The van der Waals surface area contributed by atoms with Crippen molar-refractivity contribution in [2.24, 2.45) is 0 Å². The van der Waals surface area contributed by atoms with Gasteiger partial charge in [-0.1, -0.05) is 78.9 Å². The van der Waals surface area contributed by atoms with E-state index in [9.17, 15) is 20.3 Å². The van der Waals surface area contributed by atoms with Gasteiger partial charge in [0, 0.05) is 60.8 Å². The lowest BCUT2D eigenvalue weighted by molar-refractivity contribution is 0.0747. The quantitative estimate of drug-likeness (QED) is 0.0611. The van der Waals surface area contributed by atoms with Gasteiger partial charge in [-0.25, -0.2) is 9.97 Å². The van der Waals surface area contributed by atoms with Crippen LogP contribution in [0.1, 0.15) is 61.8 Å². The average Bonchev–Trinajstić information content (AvgIpc) is 3.93. The van der Waals surface area contributed by atoms with Crippen molar-refractivity contribution in [3.63, 3.8) is 0 Å². The molecule has 63 heavy (non-hydrogen) atoms. The van der Waals surface area contributed by atoms with Gasteiger partial charge in [-0.3, -0.25) is 14.7 Å². The van der Waals surface area contributed by atoms with Crippen LogP contribution in [0.25, 0.3) is 44.6 Å². The molecule has 2 atom stereocenters. The Labute approximate surface area is 365 Å². The number of hydrogen-bond donors (Lipinski definition) is 4. The van der Waals surface area contributed by atoms with Gasteiger partial charge in [0.1, 0.15) is 23.2 Å². The van der Waals surface area contributed by atoms with E-state index in [1.54, 1.807) is 42.6 Å². The number of Topliss-reactive ketones (excluding diaryl/α,β-unsaturated/α-hetero) is 1. The Hall–Kier alpha value is -7.07. The van der Waals surface area contributed by atoms with Gasteiger partial charge in [0.25, 0.3) is 0 Å². The van der Waals surface area contributed by atoms with E-state index >= 15 is 0 Å². The Morgan fingerprint density at radius 1 is 0.889 bits per heavy atom. The molecule has 9 rings (SSSR count). The van der Waals surface area contributed by atoms with Crippen molar-refractivity contribution in [2.75, 3.05) is 25.0 Å². The Balaban J connectivity index is 0.881. The summed E-state index contributed by atoms with van der Waals surface area (Å²) >= 11 is 0. The number of hydrogen-bond acceptors (Lipinski definition) is 11. The maximum atomic E-state index is 12.8. The molecule has 0 radical (unpaired) electrons. The van der Waals surface area contributed by atoms with Crippen LogP contribution in [-0.4, -0.2) is 61.6 Å². The summed E-state index contributed by atoms with van der Waals surface area (Å²) in [5.74, 6) is 0.793. The second-order valence-corrected chi connectivity index (χ2v) is 16.3. The normalized spacial score (nSPS) is 14.6. The first kappa shape index (κ1) is 41.3. The Morgan fingerprint density at radius 3 is 2.44 bits per heavy atom. The van der Waals surface area contributed by atoms with Gasteiger partial charge in [-0.15, -0.1) is 0 Å². The zero-order valence-corrected chi connectivity index (χ0v) is 35.2. The number of aromatic nitrogens is 3. The van der Waals surface area contributed by atoms with Crippen molar-refractivity contribution < 1.29 is 19.4 Å². The summed E-state index contributed by atoms with van der Waals surface area (Å²) < 4.78 is 6.34. The van der Waals surface area contributed by atoms with Crippen LogP contribution in [0.3, 0.4) is 0 Å². The molecule has 11 heteroatoms. The summed E-state index contributed by atoms with van der Waals surface area (Å²) in [5, 5.41) is 38.7. The fourth-order valence-electron chi connectivity index (χ4n) is 8.48. The molecule has 4 heterocycles. The van der Waals surface area contributed by atoms with Crippen molar-refractivity contribution in [3.05, 3.63) is 172 Å². The molecule has 0 bridgehead atoms. The number of aliphatic hydroxyl groups excluding tert-OH is 2. The average molecular weight is 834 g/mol. The van der Waals surface area contributed by atoms with Gasteiger partial charge < -0.3 is 25.3 Å². The number of anilines is 2. The number of ketones is 1. The van der Waals surface area contributed by atoms with Crippen LogP contribution in [0.15, 0.2) is 132 Å². The van der Waals surface area contributed by atoms with Crippen molar-refractivity contribution in [3.8, 4) is 28.7 Å². The summed E-state index contributed by atoms with van der Waals surface area (Å²) in [6, 6.07) is 38.8. The van der Waals surface area contributed by atoms with Crippen LogP contribution in [0.2, 0.25) is 0 Å². The topological polar surface area (TPSA) is 160 Å². The molecule has 0 spiro atoms. The summed E-state index contributed by atoms with van der Waals surface area (Å²) in [7, 11) is 0. The predicted molar refractivity (Wildman–Crippen MR) is 245 cm³/mol. The fraction of sp³-hybridized carbons (Fsp3) is 0.212. The minimum atomic E-state index is -1.20. The van der Waals surface area contributed by atoms with Gasteiger partial charge in [0.15, 0.2) is 17.2 Å². The highest BCUT2D eigenvalue weighted by molar-refractivity contribution is 6.00. The van der Waals surface area contributed by atoms with Crippen molar-refractivity contribution in [1.82, 2.24) is 25.2 Å². The van der Waals surface area contributed by atoms with Gasteiger partial charge in [-0.05, 0) is 114 Å². The third kappa shape index (κ3) is 8.84. The zero-order valence-electron chi connectivity index (χ0n) is 35.2. The molecular formula is C52H47N7O4. The monoisotopic (exact) mass is 833 g/mol. The molecule has 1 saturated heterocycles. The third-order valence-corrected chi connectivity index (χ3v) is 11.9. The largest absolute Gasteiger partial charge is 0.435 e. The molecule has 8 aromatic rings. The number of benzene rings is 5. The zero-order chi connectivity index (χ0) is 43.5. The van der Waals surface area contributed by atoms with E-state index < -0.39 is 6.10 Å². The van der Waals surface area contributed by atoms with Crippen molar-refractivity contribution in [2.45, 2.75) is 52.0 Å². The van der Waals surface area contributed by atoms with E-state index in [1.807, 2.05) is 66.9 Å². The number of nitrogens with one attached hydrogen (secondary N) is 2. The van der Waals surface area contributed by atoms with E-state index in [0.29, 0.717) is 59.1 Å². The number of aliphatic hydroxyl groups is 2. The number of pyridine rings is 2. The Kier molecular flexibility index (Phi) is 11.9. The molecule has 0 amide bonds. The van der Waals surface area contributed by atoms with Crippen LogP contribution in [0.4, 0.5) is 11.5 Å². The van der Waals surface area contributed by atoms with E-state index in [0.717, 1.165) is 87.0 Å². The van der Waals surface area contributed by atoms with Crippen LogP contribution in [0, 0.1) is 25.2 Å². The Bertz CT molecular complexity index is 3000. The van der Waals surface area contributed by atoms with E-state index in [4.69, 9.17) is 14.4 Å². The van der Waals surface area contributed by atoms with E-state index in [-0.39, 0.29) is 11.9 Å². The number of nitriles is 1. The highest BCUT2D eigenvalue weighted by atomic mass is 16.3. The van der Waals surface area contributed by atoms with Crippen LogP contribution in [0.5, 0.6) is 0 Å². The first-order valence-corrected chi connectivity index (χ1v) is 21.2.